The van der Waals surface area contributed by atoms with E-state index >= 15 is 0 Å². The largest absolute Gasteiger partial charge is 0.441 e. The van der Waals surface area contributed by atoms with Gasteiger partial charge >= 0.3 is 0 Å². The van der Waals surface area contributed by atoms with Gasteiger partial charge in [0.05, 0.1) is 18.7 Å². The van der Waals surface area contributed by atoms with Gasteiger partial charge in [-0.05, 0) is 32.5 Å². The second-order valence-corrected chi connectivity index (χ2v) is 6.97. The van der Waals surface area contributed by atoms with Crippen LogP contribution < -0.4 is 5.32 Å². The number of aryl methyl sites for hydroxylation is 2. The van der Waals surface area contributed by atoms with Crippen molar-refractivity contribution in [1.29, 1.82) is 0 Å². The van der Waals surface area contributed by atoms with Crippen LogP contribution in [0.1, 0.15) is 17.0 Å². The summed E-state index contributed by atoms with van der Waals surface area (Å²) >= 11 is 0. The Morgan fingerprint density at radius 2 is 1.85 bits per heavy atom. The lowest BCUT2D eigenvalue weighted by atomic mass is 10.1. The molecule has 2 heterocycles. The van der Waals surface area contributed by atoms with E-state index in [0.29, 0.717) is 30.4 Å². The van der Waals surface area contributed by atoms with E-state index in [1.54, 1.807) is 11.8 Å². The second-order valence-electron chi connectivity index (χ2n) is 6.97. The first-order chi connectivity index (χ1) is 12.9. The van der Waals surface area contributed by atoms with Gasteiger partial charge in [-0.2, -0.15) is 0 Å². The molecule has 0 aliphatic carbocycles. The molecule has 7 heteroatoms. The number of rotatable bonds is 5. The van der Waals surface area contributed by atoms with Crippen LogP contribution in [0.5, 0.6) is 0 Å². The number of hydrogen-bond donors (Lipinski definition) is 1. The van der Waals surface area contributed by atoms with Gasteiger partial charge in [-0.25, -0.2) is 4.98 Å². The average Bonchev–Trinajstić information content (AvgIpc) is 3.01. The van der Waals surface area contributed by atoms with Crippen molar-refractivity contribution in [2.45, 2.75) is 20.3 Å². The molecule has 1 aromatic carbocycles. The quantitative estimate of drug-likeness (QED) is 0.861. The molecule has 0 spiro atoms. The fraction of sp³-hybridized carbons (Fsp3) is 0.450. The van der Waals surface area contributed by atoms with E-state index < -0.39 is 0 Å². The smallest absolute Gasteiger partial charge is 0.242 e. The van der Waals surface area contributed by atoms with Gasteiger partial charge in [0.15, 0.2) is 0 Å². The number of piperazine rings is 1. The van der Waals surface area contributed by atoms with Crippen LogP contribution in [0.4, 0.5) is 0 Å². The monoisotopic (exact) mass is 370 g/mol. The minimum absolute atomic E-state index is 0.0180. The summed E-state index contributed by atoms with van der Waals surface area (Å²) in [5, 5.41) is 2.70. The normalized spacial score (nSPS) is 15.0. The van der Waals surface area contributed by atoms with Crippen molar-refractivity contribution in [1.82, 2.24) is 20.1 Å². The van der Waals surface area contributed by atoms with Gasteiger partial charge in [0.1, 0.15) is 5.76 Å². The van der Waals surface area contributed by atoms with E-state index in [0.717, 1.165) is 24.2 Å². The van der Waals surface area contributed by atoms with Crippen LogP contribution in [0.2, 0.25) is 0 Å². The first-order valence-electron chi connectivity index (χ1n) is 9.19. The minimum Gasteiger partial charge on any atom is -0.441 e. The molecule has 3 rings (SSSR count). The van der Waals surface area contributed by atoms with Gasteiger partial charge in [0, 0.05) is 31.7 Å². The molecule has 1 N–H and O–H groups in total. The van der Waals surface area contributed by atoms with Crippen molar-refractivity contribution in [3.63, 3.8) is 0 Å². The number of benzene rings is 1. The number of amides is 2. The summed E-state index contributed by atoms with van der Waals surface area (Å²) in [6.45, 7) is 6.93. The van der Waals surface area contributed by atoms with E-state index in [2.05, 4.69) is 15.2 Å². The maximum absolute atomic E-state index is 12.2. The molecule has 144 valence electrons. The molecule has 2 aromatic rings. The zero-order chi connectivity index (χ0) is 19.4. The van der Waals surface area contributed by atoms with Crippen molar-refractivity contribution in [2.24, 2.45) is 0 Å². The number of aromatic nitrogens is 1. The zero-order valence-electron chi connectivity index (χ0n) is 16.1. The Labute approximate surface area is 159 Å². The molecule has 7 nitrogen and oxygen atoms in total. The van der Waals surface area contributed by atoms with Crippen LogP contribution in [0, 0.1) is 13.8 Å². The number of likely N-dealkylation sites (N-methyl/N-ethyl adjacent to an activating group) is 1. The Kier molecular flexibility index (Phi) is 5.91. The lowest BCUT2D eigenvalue weighted by Gasteiger charge is -2.32. The van der Waals surface area contributed by atoms with E-state index in [1.807, 2.05) is 38.2 Å². The molecular weight excluding hydrogens is 344 g/mol. The third kappa shape index (κ3) is 4.74. The van der Waals surface area contributed by atoms with E-state index in [-0.39, 0.29) is 24.8 Å². The highest BCUT2D eigenvalue weighted by Crippen LogP contribution is 2.24. The molecule has 0 radical (unpaired) electrons. The van der Waals surface area contributed by atoms with Crippen molar-refractivity contribution in [2.75, 3.05) is 39.8 Å². The summed E-state index contributed by atoms with van der Waals surface area (Å²) in [6, 6.07) is 7.82. The molecule has 0 bridgehead atoms. The van der Waals surface area contributed by atoms with Crippen molar-refractivity contribution in [3.05, 3.63) is 41.3 Å². The lowest BCUT2D eigenvalue weighted by Crippen LogP contribution is -2.50. The summed E-state index contributed by atoms with van der Waals surface area (Å²) < 4.78 is 5.74. The third-order valence-corrected chi connectivity index (χ3v) is 4.89. The van der Waals surface area contributed by atoms with Gasteiger partial charge < -0.3 is 19.5 Å². The van der Waals surface area contributed by atoms with Crippen molar-refractivity contribution < 1.29 is 14.0 Å². The summed E-state index contributed by atoms with van der Waals surface area (Å²) in [6.07, 6.45) is 0.0945. The predicted octanol–water partition coefficient (Wildman–Crippen LogP) is 1.39. The van der Waals surface area contributed by atoms with Gasteiger partial charge in [0.2, 0.25) is 17.7 Å². The number of oxazole rings is 1. The molecule has 1 aliphatic rings. The Morgan fingerprint density at radius 3 is 2.56 bits per heavy atom. The van der Waals surface area contributed by atoms with Crippen LogP contribution in [0.15, 0.2) is 28.7 Å². The van der Waals surface area contributed by atoms with Crippen LogP contribution in [-0.4, -0.2) is 66.4 Å². The standard InChI is InChI=1S/C20H26N4O3/c1-14-6-4-5-7-16(14)20-22-17(15(2)27-20)12-18(25)21-13-19(26)24-10-8-23(3)9-11-24/h4-7H,8-13H2,1-3H3,(H,21,25). The van der Waals surface area contributed by atoms with E-state index in [4.69, 9.17) is 4.42 Å². The number of nitrogens with zero attached hydrogens (tertiary/aromatic N) is 3. The molecule has 1 aliphatic heterocycles. The molecule has 0 atom stereocenters. The Bertz CT molecular complexity index is 822. The van der Waals surface area contributed by atoms with E-state index in [9.17, 15) is 9.59 Å². The number of nitrogens with one attached hydrogen (secondary N) is 1. The summed E-state index contributed by atoms with van der Waals surface area (Å²) in [4.78, 5) is 32.9. The predicted molar refractivity (Wildman–Crippen MR) is 102 cm³/mol. The summed E-state index contributed by atoms with van der Waals surface area (Å²) in [5.74, 6) is 0.856. The highest BCUT2D eigenvalue weighted by molar-refractivity contribution is 5.85. The fourth-order valence-electron chi connectivity index (χ4n) is 3.08. The molecular formula is C20H26N4O3. The topological polar surface area (TPSA) is 78.7 Å². The van der Waals surface area contributed by atoms with Gasteiger partial charge in [-0.15, -0.1) is 0 Å². The molecule has 27 heavy (non-hydrogen) atoms. The molecule has 1 fully saturated rings. The molecule has 1 saturated heterocycles. The average molecular weight is 370 g/mol. The van der Waals surface area contributed by atoms with Crippen molar-refractivity contribution >= 4 is 11.8 Å². The van der Waals surface area contributed by atoms with Crippen LogP contribution in [0.3, 0.4) is 0 Å². The molecule has 1 aromatic heterocycles. The highest BCUT2D eigenvalue weighted by Gasteiger charge is 2.20. The maximum atomic E-state index is 12.2. The van der Waals surface area contributed by atoms with Crippen LogP contribution >= 0.6 is 0 Å². The molecule has 0 unspecified atom stereocenters. The highest BCUT2D eigenvalue weighted by atomic mass is 16.4. The van der Waals surface area contributed by atoms with Crippen molar-refractivity contribution in [3.8, 4) is 11.5 Å². The van der Waals surface area contributed by atoms with E-state index in [1.165, 1.54) is 0 Å². The van der Waals surface area contributed by atoms with Gasteiger partial charge in [0.25, 0.3) is 0 Å². The first-order valence-corrected chi connectivity index (χ1v) is 9.19. The summed E-state index contributed by atoms with van der Waals surface area (Å²) in [5.41, 5.74) is 2.57. The van der Waals surface area contributed by atoms with Gasteiger partial charge in [-0.1, -0.05) is 18.2 Å². The number of hydrogen-bond acceptors (Lipinski definition) is 5. The Balaban J connectivity index is 1.55. The zero-order valence-corrected chi connectivity index (χ0v) is 16.1. The van der Waals surface area contributed by atoms with Crippen LogP contribution in [-0.2, 0) is 16.0 Å². The maximum Gasteiger partial charge on any atom is 0.242 e. The summed E-state index contributed by atoms with van der Waals surface area (Å²) in [7, 11) is 2.04. The SMILES string of the molecule is Cc1ccccc1-c1nc(CC(=O)NCC(=O)N2CCN(C)CC2)c(C)o1. The number of carbonyl (C=O) groups is 2. The molecule has 2 amide bonds. The second kappa shape index (κ2) is 8.35. The van der Waals surface area contributed by atoms with Gasteiger partial charge in [-0.3, -0.25) is 9.59 Å². The third-order valence-electron chi connectivity index (χ3n) is 4.89. The Hall–Kier alpha value is -2.67. The first kappa shape index (κ1) is 19.1. The van der Waals surface area contributed by atoms with Crippen LogP contribution in [0.25, 0.3) is 11.5 Å². The number of carbonyl (C=O) groups excluding carboxylic acids is 2. The minimum atomic E-state index is -0.231. The molecule has 0 saturated carbocycles. The lowest BCUT2D eigenvalue weighted by molar-refractivity contribution is -0.134. The Morgan fingerprint density at radius 1 is 1.15 bits per heavy atom. The fourth-order valence-corrected chi connectivity index (χ4v) is 3.08.